The summed E-state index contributed by atoms with van der Waals surface area (Å²) in [5.41, 5.74) is 7.02. The number of nitrogens with zero attached hydrogens (tertiary/aromatic N) is 2. The van der Waals surface area contributed by atoms with Crippen LogP contribution in [0.3, 0.4) is 0 Å². The molecule has 26 heavy (non-hydrogen) atoms. The normalized spacial score (nSPS) is 11.2. The smallest absolute Gasteiger partial charge is 0.205 e. The number of aryl methyl sites for hydroxylation is 2. The third-order valence-electron chi connectivity index (χ3n) is 4.43. The molecule has 130 valence electrons. The second-order valence-corrected chi connectivity index (χ2v) is 7.41. The van der Waals surface area contributed by atoms with Gasteiger partial charge in [0.05, 0.1) is 15.7 Å². The Hall–Kier alpha value is -2.14. The van der Waals surface area contributed by atoms with Gasteiger partial charge in [0.25, 0.3) is 0 Å². The van der Waals surface area contributed by atoms with E-state index in [0.717, 1.165) is 28.0 Å². The van der Waals surface area contributed by atoms with E-state index in [1.165, 1.54) is 11.1 Å². The van der Waals surface area contributed by atoms with E-state index in [-0.39, 0.29) is 0 Å². The Morgan fingerprint density at radius 3 is 2.62 bits per heavy atom. The summed E-state index contributed by atoms with van der Waals surface area (Å²) in [6.45, 7) is 4.18. The minimum Gasteiger partial charge on any atom is -0.339 e. The summed E-state index contributed by atoms with van der Waals surface area (Å²) in [6.07, 6.45) is 3.71. The first kappa shape index (κ1) is 17.3. The van der Waals surface area contributed by atoms with Crippen molar-refractivity contribution in [3.8, 4) is 22.4 Å². The molecule has 0 aliphatic carbocycles. The van der Waals surface area contributed by atoms with E-state index in [0.29, 0.717) is 14.8 Å². The summed E-state index contributed by atoms with van der Waals surface area (Å²) in [7, 11) is 0. The molecule has 0 saturated carbocycles. The van der Waals surface area contributed by atoms with Crippen LogP contribution in [0.25, 0.3) is 28.0 Å². The fraction of sp³-hybridized carbons (Fsp3) is 0.100. The molecule has 2 aromatic carbocycles. The zero-order valence-corrected chi connectivity index (χ0v) is 16.5. The van der Waals surface area contributed by atoms with Gasteiger partial charge in [-0.15, -0.1) is 0 Å². The van der Waals surface area contributed by atoms with Gasteiger partial charge in [0.1, 0.15) is 5.65 Å². The molecule has 0 spiro atoms. The number of aromatic nitrogens is 3. The minimum absolute atomic E-state index is 0.481. The average molecular weight is 400 g/mol. The molecule has 4 rings (SSSR count). The second-order valence-electron chi connectivity index (χ2n) is 6.26. The van der Waals surface area contributed by atoms with Crippen molar-refractivity contribution in [3.05, 3.63) is 74.7 Å². The molecule has 2 aromatic heterocycles. The van der Waals surface area contributed by atoms with Crippen LogP contribution in [0, 0.1) is 18.6 Å². The van der Waals surface area contributed by atoms with Crippen molar-refractivity contribution in [3.63, 3.8) is 0 Å². The maximum absolute atomic E-state index is 6.43. The Morgan fingerprint density at radius 2 is 1.85 bits per heavy atom. The number of H-pyrrole nitrogens is 1. The molecule has 0 fully saturated rings. The van der Waals surface area contributed by atoms with Gasteiger partial charge in [-0.1, -0.05) is 59.1 Å². The number of imidazole rings is 1. The van der Waals surface area contributed by atoms with E-state index in [9.17, 15) is 0 Å². The number of rotatable bonds is 2. The van der Waals surface area contributed by atoms with Crippen LogP contribution < -0.4 is 0 Å². The predicted octanol–water partition coefficient (Wildman–Crippen LogP) is 6.65. The maximum atomic E-state index is 6.43. The van der Waals surface area contributed by atoms with Crippen molar-refractivity contribution in [2.75, 3.05) is 0 Å². The molecular weight excluding hydrogens is 385 g/mol. The third-order valence-corrected chi connectivity index (χ3v) is 5.55. The SMILES string of the molecule is Cc1ccc(-c2cn3c(=S)ncc(-c4cccc(Cl)c4Cl)c3[nH]2)c(C)c1. The Labute approximate surface area is 166 Å². The van der Waals surface area contributed by atoms with Crippen LogP contribution in [0.15, 0.2) is 48.8 Å². The highest BCUT2D eigenvalue weighted by molar-refractivity contribution is 7.71. The van der Waals surface area contributed by atoms with E-state index in [1.54, 1.807) is 12.3 Å². The number of fused-ring (bicyclic) bond motifs is 1. The molecule has 0 unspecified atom stereocenters. The Balaban J connectivity index is 2.00. The lowest BCUT2D eigenvalue weighted by molar-refractivity contribution is 1.06. The van der Waals surface area contributed by atoms with E-state index >= 15 is 0 Å². The van der Waals surface area contributed by atoms with E-state index in [2.05, 4.69) is 42.0 Å². The average Bonchev–Trinajstić information content (AvgIpc) is 3.04. The summed E-state index contributed by atoms with van der Waals surface area (Å²) in [5, 5.41) is 1.00. The first-order valence-electron chi connectivity index (χ1n) is 8.08. The monoisotopic (exact) mass is 399 g/mol. The maximum Gasteiger partial charge on any atom is 0.205 e. The van der Waals surface area contributed by atoms with Gasteiger partial charge >= 0.3 is 0 Å². The zero-order valence-electron chi connectivity index (χ0n) is 14.2. The highest BCUT2D eigenvalue weighted by Gasteiger charge is 2.14. The van der Waals surface area contributed by atoms with Crippen molar-refractivity contribution < 1.29 is 0 Å². The highest BCUT2D eigenvalue weighted by Crippen LogP contribution is 2.36. The van der Waals surface area contributed by atoms with Crippen LogP contribution in [-0.2, 0) is 0 Å². The van der Waals surface area contributed by atoms with Gasteiger partial charge in [0.15, 0.2) is 0 Å². The number of halogens is 2. The van der Waals surface area contributed by atoms with Crippen molar-refractivity contribution in [2.24, 2.45) is 0 Å². The van der Waals surface area contributed by atoms with Gasteiger partial charge < -0.3 is 4.98 Å². The fourth-order valence-corrected chi connectivity index (χ4v) is 3.77. The van der Waals surface area contributed by atoms with Crippen LogP contribution in [0.2, 0.25) is 10.0 Å². The molecule has 6 heteroatoms. The molecule has 0 aliphatic rings. The molecule has 4 aromatic rings. The molecule has 0 radical (unpaired) electrons. The molecule has 0 amide bonds. The summed E-state index contributed by atoms with van der Waals surface area (Å²) >= 11 is 18.0. The first-order chi connectivity index (χ1) is 12.5. The number of benzene rings is 2. The topological polar surface area (TPSA) is 33.1 Å². The molecule has 3 nitrogen and oxygen atoms in total. The number of hydrogen-bond donors (Lipinski definition) is 1. The largest absolute Gasteiger partial charge is 0.339 e. The highest BCUT2D eigenvalue weighted by atomic mass is 35.5. The number of hydrogen-bond acceptors (Lipinski definition) is 2. The van der Waals surface area contributed by atoms with Gasteiger partial charge in [-0.25, -0.2) is 4.98 Å². The van der Waals surface area contributed by atoms with Crippen molar-refractivity contribution in [2.45, 2.75) is 13.8 Å². The molecule has 0 aliphatic heterocycles. The van der Waals surface area contributed by atoms with E-state index < -0.39 is 0 Å². The van der Waals surface area contributed by atoms with Crippen LogP contribution >= 0.6 is 35.4 Å². The van der Waals surface area contributed by atoms with Gasteiger partial charge in [0.2, 0.25) is 4.77 Å². The minimum atomic E-state index is 0.481. The predicted molar refractivity (Wildman–Crippen MR) is 111 cm³/mol. The number of aromatic amines is 1. The van der Waals surface area contributed by atoms with Crippen molar-refractivity contribution in [1.29, 1.82) is 0 Å². The van der Waals surface area contributed by atoms with E-state index in [4.69, 9.17) is 35.4 Å². The third kappa shape index (κ3) is 2.84. The van der Waals surface area contributed by atoms with Crippen LogP contribution in [-0.4, -0.2) is 14.4 Å². The van der Waals surface area contributed by atoms with Gasteiger partial charge in [-0.2, -0.15) is 0 Å². The number of nitrogens with one attached hydrogen (secondary N) is 1. The van der Waals surface area contributed by atoms with Crippen LogP contribution in [0.1, 0.15) is 11.1 Å². The zero-order chi connectivity index (χ0) is 18.4. The Bertz CT molecular complexity index is 1210. The van der Waals surface area contributed by atoms with Crippen molar-refractivity contribution in [1.82, 2.24) is 14.4 Å². The van der Waals surface area contributed by atoms with Crippen molar-refractivity contribution >= 4 is 41.1 Å². The molecule has 1 N–H and O–H groups in total. The van der Waals surface area contributed by atoms with Gasteiger partial charge in [0, 0.05) is 29.1 Å². The van der Waals surface area contributed by atoms with Gasteiger partial charge in [-0.3, -0.25) is 4.40 Å². The fourth-order valence-electron chi connectivity index (χ4n) is 3.17. The summed E-state index contributed by atoms with van der Waals surface area (Å²) < 4.78 is 2.35. The molecular formula is C20H15Cl2N3S. The molecule has 0 atom stereocenters. The standard InChI is InChI=1S/C20H15Cl2N3S/c1-11-6-7-13(12(2)8-11)17-10-25-19(24-17)15(9-23-20(25)26)14-4-3-5-16(21)18(14)22/h3-10,24H,1-2H3. The van der Waals surface area contributed by atoms with Crippen LogP contribution in [0.4, 0.5) is 0 Å². The quantitative estimate of drug-likeness (QED) is 0.382. The first-order valence-corrected chi connectivity index (χ1v) is 9.24. The second kappa shape index (κ2) is 6.54. The lowest BCUT2D eigenvalue weighted by Gasteiger charge is -2.07. The Morgan fingerprint density at radius 1 is 1.04 bits per heavy atom. The molecule has 2 heterocycles. The lowest BCUT2D eigenvalue weighted by Crippen LogP contribution is -1.93. The summed E-state index contributed by atoms with van der Waals surface area (Å²) in [4.78, 5) is 7.84. The summed E-state index contributed by atoms with van der Waals surface area (Å²) in [6, 6.07) is 11.9. The van der Waals surface area contributed by atoms with Gasteiger partial charge in [-0.05, 0) is 37.7 Å². The lowest BCUT2D eigenvalue weighted by atomic mass is 10.0. The summed E-state index contributed by atoms with van der Waals surface area (Å²) in [5.74, 6) is 0. The molecule has 0 saturated heterocycles. The van der Waals surface area contributed by atoms with Crippen LogP contribution in [0.5, 0.6) is 0 Å². The molecule has 0 bridgehead atoms. The Kier molecular flexibility index (Phi) is 4.35. The van der Waals surface area contributed by atoms with E-state index in [1.807, 2.05) is 22.7 Å².